The summed E-state index contributed by atoms with van der Waals surface area (Å²) in [6, 6.07) is 11.2. The van der Waals surface area contributed by atoms with Gasteiger partial charge in [-0.1, -0.05) is 6.07 Å². The van der Waals surface area contributed by atoms with E-state index in [2.05, 4.69) is 4.90 Å². The summed E-state index contributed by atoms with van der Waals surface area (Å²) < 4.78 is 21.4. The lowest BCUT2D eigenvalue weighted by molar-refractivity contribution is -0.140. The number of likely N-dealkylation sites (tertiary alicyclic amines) is 1. The molecule has 0 saturated carbocycles. The van der Waals surface area contributed by atoms with Crippen LogP contribution in [0.25, 0.3) is 5.76 Å². The van der Waals surface area contributed by atoms with Crippen molar-refractivity contribution in [1.82, 2.24) is 9.80 Å². The Balaban J connectivity index is 1.71. The number of benzene rings is 2. The number of methoxy groups -OCH3 is 3. The van der Waals surface area contributed by atoms with E-state index in [1.807, 2.05) is 0 Å². The fourth-order valence-electron chi connectivity index (χ4n) is 4.67. The molecular weight excluding hydrogens is 464 g/mol. The molecule has 0 radical (unpaired) electrons. The van der Waals surface area contributed by atoms with Gasteiger partial charge in [-0.15, -0.1) is 0 Å². The van der Waals surface area contributed by atoms with Gasteiger partial charge in [-0.05, 0) is 48.4 Å². The molecular formula is C27H32N2O7. The maximum absolute atomic E-state index is 13.3. The summed E-state index contributed by atoms with van der Waals surface area (Å²) in [5.74, 6) is 0.0401. The molecule has 2 aromatic carbocycles. The van der Waals surface area contributed by atoms with Crippen molar-refractivity contribution in [1.29, 1.82) is 0 Å². The summed E-state index contributed by atoms with van der Waals surface area (Å²) in [4.78, 5) is 30.3. The number of amides is 1. The largest absolute Gasteiger partial charge is 0.507 e. The molecule has 4 rings (SSSR count). The van der Waals surface area contributed by atoms with Gasteiger partial charge in [0.1, 0.15) is 11.5 Å². The topological polar surface area (TPSA) is 97.8 Å². The van der Waals surface area contributed by atoms with E-state index < -0.39 is 17.7 Å². The predicted octanol–water partition coefficient (Wildman–Crippen LogP) is 2.86. The van der Waals surface area contributed by atoms with E-state index >= 15 is 0 Å². The highest BCUT2D eigenvalue weighted by atomic mass is 16.5. The molecule has 2 fully saturated rings. The van der Waals surface area contributed by atoms with Crippen LogP contribution in [-0.2, 0) is 14.3 Å². The molecule has 0 aromatic heterocycles. The van der Waals surface area contributed by atoms with Crippen molar-refractivity contribution in [3.8, 4) is 17.2 Å². The Morgan fingerprint density at radius 1 is 0.944 bits per heavy atom. The highest BCUT2D eigenvalue weighted by Crippen LogP contribution is 2.42. The molecule has 9 nitrogen and oxygen atoms in total. The van der Waals surface area contributed by atoms with Crippen LogP contribution < -0.4 is 14.2 Å². The molecule has 1 atom stereocenters. The Bertz CT molecular complexity index is 1120. The summed E-state index contributed by atoms with van der Waals surface area (Å²) in [7, 11) is 4.62. The first kappa shape index (κ1) is 25.5. The Morgan fingerprint density at radius 2 is 1.64 bits per heavy atom. The van der Waals surface area contributed by atoms with Crippen LogP contribution in [0.3, 0.4) is 0 Å². The van der Waals surface area contributed by atoms with Crippen molar-refractivity contribution < 1.29 is 33.6 Å². The van der Waals surface area contributed by atoms with Gasteiger partial charge in [0.2, 0.25) is 0 Å². The molecule has 0 aliphatic carbocycles. The Labute approximate surface area is 210 Å². The van der Waals surface area contributed by atoms with E-state index in [0.717, 1.165) is 19.6 Å². The van der Waals surface area contributed by atoms with Gasteiger partial charge in [0.15, 0.2) is 11.5 Å². The van der Waals surface area contributed by atoms with Gasteiger partial charge in [-0.25, -0.2) is 0 Å². The summed E-state index contributed by atoms with van der Waals surface area (Å²) in [6.45, 7) is 4.21. The van der Waals surface area contributed by atoms with E-state index in [4.69, 9.17) is 18.9 Å². The van der Waals surface area contributed by atoms with Gasteiger partial charge in [0.05, 0.1) is 46.2 Å². The Kier molecular flexibility index (Phi) is 8.12. The van der Waals surface area contributed by atoms with Crippen LogP contribution in [-0.4, -0.2) is 87.3 Å². The van der Waals surface area contributed by atoms with Crippen LogP contribution in [0.15, 0.2) is 48.0 Å². The fraction of sp³-hybridized carbons (Fsp3) is 0.407. The fourth-order valence-corrected chi connectivity index (χ4v) is 4.67. The monoisotopic (exact) mass is 496 g/mol. The number of carbonyl (C=O) groups excluding carboxylic acids is 2. The molecule has 2 heterocycles. The average Bonchev–Trinajstić information content (AvgIpc) is 3.18. The quantitative estimate of drug-likeness (QED) is 0.322. The molecule has 2 saturated heterocycles. The molecule has 1 unspecified atom stereocenters. The average molecular weight is 497 g/mol. The maximum atomic E-state index is 13.3. The van der Waals surface area contributed by atoms with Crippen LogP contribution in [0.4, 0.5) is 0 Å². The highest BCUT2D eigenvalue weighted by Gasteiger charge is 2.46. The molecule has 0 bridgehead atoms. The highest BCUT2D eigenvalue weighted by molar-refractivity contribution is 6.46. The molecule has 1 amide bonds. The molecule has 2 aliphatic heterocycles. The van der Waals surface area contributed by atoms with Crippen molar-refractivity contribution in [2.24, 2.45) is 0 Å². The lowest BCUT2D eigenvalue weighted by Crippen LogP contribution is -2.38. The van der Waals surface area contributed by atoms with Gasteiger partial charge < -0.3 is 29.0 Å². The third-order valence-corrected chi connectivity index (χ3v) is 6.60. The second-order valence-corrected chi connectivity index (χ2v) is 8.64. The third-order valence-electron chi connectivity index (χ3n) is 6.60. The van der Waals surface area contributed by atoms with E-state index in [9.17, 15) is 14.7 Å². The number of rotatable bonds is 9. The first-order chi connectivity index (χ1) is 17.5. The van der Waals surface area contributed by atoms with Gasteiger partial charge >= 0.3 is 0 Å². The molecule has 2 aliphatic rings. The number of aliphatic hydroxyl groups excluding tert-OH is 1. The van der Waals surface area contributed by atoms with Crippen LogP contribution in [0.2, 0.25) is 0 Å². The SMILES string of the molecule is COc1ccc(C(O)=C2C(=O)C(=O)N(CCCN3CCOCC3)C2c2ccc(OC)c(OC)c2)cc1. The van der Waals surface area contributed by atoms with Crippen molar-refractivity contribution in [2.45, 2.75) is 12.5 Å². The number of ether oxygens (including phenoxy) is 4. The first-order valence-corrected chi connectivity index (χ1v) is 11.9. The van der Waals surface area contributed by atoms with Crippen molar-refractivity contribution in [2.75, 3.05) is 60.7 Å². The van der Waals surface area contributed by atoms with Gasteiger partial charge in [0, 0.05) is 31.7 Å². The van der Waals surface area contributed by atoms with E-state index in [-0.39, 0.29) is 11.3 Å². The van der Waals surface area contributed by atoms with Gasteiger partial charge in [-0.2, -0.15) is 0 Å². The summed E-state index contributed by atoms with van der Waals surface area (Å²) in [5.41, 5.74) is 1.12. The first-order valence-electron chi connectivity index (χ1n) is 11.9. The van der Waals surface area contributed by atoms with E-state index in [1.165, 1.54) is 7.11 Å². The van der Waals surface area contributed by atoms with E-state index in [1.54, 1.807) is 61.6 Å². The van der Waals surface area contributed by atoms with Crippen molar-refractivity contribution >= 4 is 17.4 Å². The van der Waals surface area contributed by atoms with Crippen LogP contribution in [0.5, 0.6) is 17.2 Å². The summed E-state index contributed by atoms with van der Waals surface area (Å²) in [5, 5.41) is 11.2. The molecule has 9 heteroatoms. The molecule has 0 spiro atoms. The predicted molar refractivity (Wildman–Crippen MR) is 133 cm³/mol. The molecule has 36 heavy (non-hydrogen) atoms. The summed E-state index contributed by atoms with van der Waals surface area (Å²) in [6.07, 6.45) is 0.680. The molecule has 1 N–H and O–H groups in total. The number of hydrogen-bond donors (Lipinski definition) is 1. The lowest BCUT2D eigenvalue weighted by Gasteiger charge is -2.29. The number of hydrogen-bond acceptors (Lipinski definition) is 8. The number of ketones is 1. The molecule has 2 aromatic rings. The normalized spacial score (nSPS) is 20.0. The van der Waals surface area contributed by atoms with E-state index in [0.29, 0.717) is 54.6 Å². The van der Waals surface area contributed by atoms with Crippen molar-refractivity contribution in [3.63, 3.8) is 0 Å². The minimum Gasteiger partial charge on any atom is -0.507 e. The minimum absolute atomic E-state index is 0.0451. The number of carbonyl (C=O) groups is 2. The van der Waals surface area contributed by atoms with Crippen LogP contribution >= 0.6 is 0 Å². The standard InChI is InChI=1S/C27H32N2O7/c1-33-20-8-5-18(6-9-20)25(30)23-24(19-7-10-21(34-2)22(17-19)35-3)29(27(32)26(23)31)12-4-11-28-13-15-36-16-14-28/h5-10,17,24,30H,4,11-16H2,1-3H3. The second kappa shape index (κ2) is 11.5. The Hall–Kier alpha value is -3.56. The smallest absolute Gasteiger partial charge is 0.295 e. The minimum atomic E-state index is -0.767. The number of morpholine rings is 1. The third kappa shape index (κ3) is 5.17. The zero-order valence-corrected chi connectivity index (χ0v) is 20.9. The number of nitrogens with zero attached hydrogens (tertiary/aromatic N) is 2. The van der Waals surface area contributed by atoms with Crippen LogP contribution in [0, 0.1) is 0 Å². The zero-order valence-electron chi connectivity index (χ0n) is 20.9. The van der Waals surface area contributed by atoms with Crippen molar-refractivity contribution in [3.05, 3.63) is 59.2 Å². The maximum Gasteiger partial charge on any atom is 0.295 e. The lowest BCUT2D eigenvalue weighted by atomic mass is 9.95. The zero-order chi connectivity index (χ0) is 25.7. The molecule has 192 valence electrons. The Morgan fingerprint density at radius 3 is 2.28 bits per heavy atom. The number of aliphatic hydroxyl groups is 1. The van der Waals surface area contributed by atoms with Gasteiger partial charge in [-0.3, -0.25) is 14.5 Å². The number of Topliss-reactive ketones (excluding diaryl/α,β-unsaturated/α-hetero) is 1. The summed E-state index contributed by atoms with van der Waals surface area (Å²) >= 11 is 0. The second-order valence-electron chi connectivity index (χ2n) is 8.64. The van der Waals surface area contributed by atoms with Crippen LogP contribution in [0.1, 0.15) is 23.6 Å². The van der Waals surface area contributed by atoms with Gasteiger partial charge in [0.25, 0.3) is 11.7 Å².